The zero-order valence-electron chi connectivity index (χ0n) is 21.7. The number of carboxylic acid groups (broad SMARTS) is 1. The molecule has 1 amide bonds. The molecule has 0 bridgehead atoms. The number of nitrogens with zero attached hydrogens (tertiary/aromatic N) is 2. The first kappa shape index (κ1) is 28.3. The van der Waals surface area contributed by atoms with Crippen molar-refractivity contribution in [3.05, 3.63) is 60.3 Å². The Balaban J connectivity index is 1.10. The third-order valence-corrected chi connectivity index (χ3v) is 8.47. The van der Waals surface area contributed by atoms with Crippen molar-refractivity contribution in [1.82, 2.24) is 14.9 Å². The number of aromatic nitrogens is 1. The highest BCUT2D eigenvalue weighted by molar-refractivity contribution is 8.00. The smallest absolute Gasteiger partial charge is 0.446 e. The van der Waals surface area contributed by atoms with Crippen molar-refractivity contribution >= 4 is 40.4 Å². The minimum atomic E-state index is -4.38. The van der Waals surface area contributed by atoms with Crippen LogP contribution in [0.4, 0.5) is 23.7 Å². The van der Waals surface area contributed by atoms with E-state index < -0.39 is 23.6 Å². The van der Waals surface area contributed by atoms with E-state index >= 15 is 0 Å². The number of nitrogens with one attached hydrogen (secondary N) is 2. The fraction of sp³-hybridized carbons (Fsp3) is 0.429. The molecule has 3 N–H and O–H groups in total. The number of H-pyrrole nitrogens is 1. The quantitative estimate of drug-likeness (QED) is 0.285. The molecule has 0 saturated carbocycles. The molecule has 12 heteroatoms. The minimum absolute atomic E-state index is 0.0173. The number of thioether (sulfide) groups is 1. The molecule has 2 aliphatic heterocycles. The Morgan fingerprint density at radius 3 is 2.33 bits per heavy atom. The lowest BCUT2D eigenvalue weighted by atomic mass is 9.85. The van der Waals surface area contributed by atoms with Crippen molar-refractivity contribution in [2.75, 3.05) is 31.5 Å². The SMILES string of the molecule is O=C(Nc1ccc(SC(F)(F)F)cc1)ON1CCC(C(C(=O)O)N2CCC(c3c[nH]c4ccccc34)CC2)CC1. The fourth-order valence-corrected chi connectivity index (χ4v) is 6.40. The molecule has 1 unspecified atom stereocenters. The molecular formula is C28H31F3N4O4S. The number of alkyl halides is 3. The summed E-state index contributed by atoms with van der Waals surface area (Å²) < 4.78 is 37.5. The van der Waals surface area contributed by atoms with E-state index in [9.17, 15) is 27.9 Å². The van der Waals surface area contributed by atoms with Gasteiger partial charge in [0.05, 0.1) is 0 Å². The fourth-order valence-electron chi connectivity index (χ4n) is 5.86. The van der Waals surface area contributed by atoms with Crippen LogP contribution in [0, 0.1) is 5.92 Å². The number of halogens is 3. The van der Waals surface area contributed by atoms with Gasteiger partial charge in [0, 0.05) is 40.8 Å². The second kappa shape index (κ2) is 12.1. The first-order valence-electron chi connectivity index (χ1n) is 13.3. The summed E-state index contributed by atoms with van der Waals surface area (Å²) in [5.74, 6) is -0.506. The average Bonchev–Trinajstić information content (AvgIpc) is 3.35. The van der Waals surface area contributed by atoms with E-state index in [1.165, 1.54) is 40.3 Å². The van der Waals surface area contributed by atoms with Gasteiger partial charge in [-0.2, -0.15) is 13.2 Å². The standard InChI is InChI=1S/C28H31F3N4O4S/c29-28(30,31)40-21-7-5-20(6-8-21)33-27(38)39-35-15-11-19(12-16-35)25(26(36)37)34-13-9-18(10-14-34)23-17-32-24-4-2-1-3-22(23)24/h1-8,17-19,25,32H,9-16H2,(H,33,38)(H,36,37). The number of hydrogen-bond acceptors (Lipinski definition) is 6. The number of carboxylic acids is 1. The molecule has 1 atom stereocenters. The van der Waals surface area contributed by atoms with Crippen LogP contribution in [0.3, 0.4) is 0 Å². The second-order valence-corrected chi connectivity index (χ2v) is 11.4. The first-order chi connectivity index (χ1) is 19.2. The van der Waals surface area contributed by atoms with Crippen LogP contribution in [0.1, 0.15) is 37.2 Å². The summed E-state index contributed by atoms with van der Waals surface area (Å²) in [6.07, 6.45) is 4.25. The zero-order chi connectivity index (χ0) is 28.3. The van der Waals surface area contributed by atoms with Crippen molar-refractivity contribution in [3.8, 4) is 0 Å². The van der Waals surface area contributed by atoms with Gasteiger partial charge in [0.25, 0.3) is 0 Å². The van der Waals surface area contributed by atoms with Crippen molar-refractivity contribution in [2.24, 2.45) is 5.92 Å². The van der Waals surface area contributed by atoms with Crippen LogP contribution in [-0.4, -0.2) is 69.8 Å². The summed E-state index contributed by atoms with van der Waals surface area (Å²) in [7, 11) is 0. The molecule has 8 nitrogen and oxygen atoms in total. The number of carbonyl (C=O) groups excluding carboxylic acids is 1. The van der Waals surface area contributed by atoms with E-state index in [1.807, 2.05) is 12.1 Å². The molecule has 2 saturated heterocycles. The third kappa shape index (κ3) is 6.91. The Morgan fingerprint density at radius 2 is 1.68 bits per heavy atom. The lowest BCUT2D eigenvalue weighted by molar-refractivity contribution is -0.151. The van der Waals surface area contributed by atoms with E-state index in [4.69, 9.17) is 4.84 Å². The van der Waals surface area contributed by atoms with Crippen LogP contribution in [0.5, 0.6) is 0 Å². The molecular weight excluding hydrogens is 545 g/mol. The van der Waals surface area contributed by atoms with Gasteiger partial charge >= 0.3 is 17.6 Å². The maximum atomic E-state index is 12.5. The number of aromatic amines is 1. The average molecular weight is 577 g/mol. The number of likely N-dealkylation sites (tertiary alicyclic amines) is 1. The van der Waals surface area contributed by atoms with Crippen LogP contribution in [0.2, 0.25) is 0 Å². The third-order valence-electron chi connectivity index (χ3n) is 7.73. The summed E-state index contributed by atoms with van der Waals surface area (Å²) >= 11 is -0.228. The predicted molar refractivity (Wildman–Crippen MR) is 146 cm³/mol. The van der Waals surface area contributed by atoms with Gasteiger partial charge in [0.2, 0.25) is 0 Å². The second-order valence-electron chi connectivity index (χ2n) is 10.2. The van der Waals surface area contributed by atoms with Gasteiger partial charge in [-0.15, -0.1) is 5.06 Å². The summed E-state index contributed by atoms with van der Waals surface area (Å²) in [6.45, 7) is 2.21. The molecule has 5 rings (SSSR count). The zero-order valence-corrected chi connectivity index (χ0v) is 22.5. The Labute approximate surface area is 233 Å². The monoisotopic (exact) mass is 576 g/mol. The van der Waals surface area contributed by atoms with Gasteiger partial charge in [-0.25, -0.2) is 4.79 Å². The highest BCUT2D eigenvalue weighted by atomic mass is 32.2. The lowest BCUT2D eigenvalue weighted by Crippen LogP contribution is -2.52. The van der Waals surface area contributed by atoms with Crippen LogP contribution in [-0.2, 0) is 9.63 Å². The maximum absolute atomic E-state index is 12.5. The minimum Gasteiger partial charge on any atom is -0.480 e. The van der Waals surface area contributed by atoms with Gasteiger partial charge in [-0.05, 0) is 98.3 Å². The van der Waals surface area contributed by atoms with E-state index in [2.05, 4.69) is 33.5 Å². The number of anilines is 1. The summed E-state index contributed by atoms with van der Waals surface area (Å²) in [5.41, 5.74) is -1.66. The number of amides is 1. The largest absolute Gasteiger partial charge is 0.480 e. The van der Waals surface area contributed by atoms with Crippen LogP contribution in [0.15, 0.2) is 59.6 Å². The van der Waals surface area contributed by atoms with Crippen LogP contribution < -0.4 is 5.32 Å². The van der Waals surface area contributed by atoms with Crippen LogP contribution >= 0.6 is 11.8 Å². The maximum Gasteiger partial charge on any atom is 0.446 e. The lowest BCUT2D eigenvalue weighted by Gasteiger charge is -2.41. The normalized spacial score (nSPS) is 19.0. The molecule has 2 aliphatic rings. The first-order valence-corrected chi connectivity index (χ1v) is 14.1. The number of piperidine rings is 2. The van der Waals surface area contributed by atoms with Crippen LogP contribution in [0.25, 0.3) is 10.9 Å². The highest BCUT2D eigenvalue weighted by Gasteiger charge is 2.38. The van der Waals surface area contributed by atoms with Gasteiger partial charge < -0.3 is 14.9 Å². The van der Waals surface area contributed by atoms with Crippen molar-refractivity contribution < 1.29 is 32.7 Å². The number of benzene rings is 2. The van der Waals surface area contributed by atoms with E-state index in [0.29, 0.717) is 50.6 Å². The molecule has 1 aromatic heterocycles. The molecule has 40 heavy (non-hydrogen) atoms. The number of rotatable bonds is 7. The summed E-state index contributed by atoms with van der Waals surface area (Å²) in [6, 6.07) is 12.9. The van der Waals surface area contributed by atoms with Crippen molar-refractivity contribution in [2.45, 2.75) is 48.0 Å². The van der Waals surface area contributed by atoms with E-state index in [0.717, 1.165) is 18.4 Å². The molecule has 0 radical (unpaired) electrons. The molecule has 0 aliphatic carbocycles. The Morgan fingerprint density at radius 1 is 1.00 bits per heavy atom. The number of hydrogen-bond donors (Lipinski definition) is 3. The highest BCUT2D eigenvalue weighted by Crippen LogP contribution is 2.37. The number of hydroxylamine groups is 2. The number of fused-ring (bicyclic) bond motifs is 1. The molecule has 3 aromatic rings. The van der Waals surface area contributed by atoms with Crippen molar-refractivity contribution in [1.29, 1.82) is 0 Å². The number of aliphatic carboxylic acids is 1. The van der Waals surface area contributed by atoms with Gasteiger partial charge in [0.15, 0.2) is 0 Å². The Kier molecular flexibility index (Phi) is 8.57. The summed E-state index contributed by atoms with van der Waals surface area (Å²) in [4.78, 5) is 35.4. The predicted octanol–water partition coefficient (Wildman–Crippen LogP) is 6.29. The van der Waals surface area contributed by atoms with Gasteiger partial charge in [-0.1, -0.05) is 18.2 Å². The molecule has 2 aromatic carbocycles. The van der Waals surface area contributed by atoms with E-state index in [-0.39, 0.29) is 22.6 Å². The molecule has 3 heterocycles. The topological polar surface area (TPSA) is 97.9 Å². The Hall–Kier alpha value is -3.22. The molecule has 2 fully saturated rings. The molecule has 214 valence electrons. The van der Waals surface area contributed by atoms with Gasteiger partial charge in [0.1, 0.15) is 6.04 Å². The van der Waals surface area contributed by atoms with Crippen molar-refractivity contribution in [3.63, 3.8) is 0 Å². The number of carbonyl (C=O) groups is 2. The summed E-state index contributed by atoms with van der Waals surface area (Å²) in [5, 5.41) is 15.3. The Bertz CT molecular complexity index is 1320. The van der Waals surface area contributed by atoms with E-state index in [1.54, 1.807) is 0 Å². The van der Waals surface area contributed by atoms with Gasteiger partial charge in [-0.3, -0.25) is 15.0 Å². The molecule has 0 spiro atoms. The number of para-hydroxylation sites is 1.